The number of benzene rings is 3. The van der Waals surface area contributed by atoms with Gasteiger partial charge in [0.15, 0.2) is 0 Å². The van der Waals surface area contributed by atoms with E-state index in [1.165, 1.54) is 12.1 Å². The van der Waals surface area contributed by atoms with Crippen molar-refractivity contribution in [2.24, 2.45) is 0 Å². The number of nitrogens with zero attached hydrogens (tertiary/aromatic N) is 2. The van der Waals surface area contributed by atoms with Gasteiger partial charge in [0, 0.05) is 12.0 Å². The van der Waals surface area contributed by atoms with Crippen LogP contribution in [-0.4, -0.2) is 23.2 Å². The molecule has 0 bridgehead atoms. The van der Waals surface area contributed by atoms with Crippen molar-refractivity contribution in [1.29, 1.82) is 0 Å². The van der Waals surface area contributed by atoms with Gasteiger partial charge >= 0.3 is 0 Å². The molecule has 0 fully saturated rings. The van der Waals surface area contributed by atoms with Gasteiger partial charge in [0.05, 0.1) is 13.5 Å². The van der Waals surface area contributed by atoms with E-state index in [2.05, 4.69) is 15.5 Å². The number of amides is 1. The molecule has 3 aromatic carbocycles. The van der Waals surface area contributed by atoms with Crippen molar-refractivity contribution in [1.82, 2.24) is 15.5 Å². The smallest absolute Gasteiger partial charge is 0.249 e. The first kappa shape index (κ1) is 21.2. The van der Waals surface area contributed by atoms with Crippen molar-refractivity contribution < 1.29 is 18.4 Å². The molecule has 0 spiro atoms. The fourth-order valence-electron chi connectivity index (χ4n) is 3.34. The molecule has 4 aromatic rings. The first-order valence-corrected chi connectivity index (χ1v) is 10.2. The van der Waals surface area contributed by atoms with Crippen LogP contribution in [0.4, 0.5) is 4.39 Å². The van der Waals surface area contributed by atoms with Gasteiger partial charge in [-0.2, -0.15) is 4.98 Å². The Bertz CT molecular complexity index is 1180. The summed E-state index contributed by atoms with van der Waals surface area (Å²) in [6.45, 7) is 0. The van der Waals surface area contributed by atoms with Crippen LogP contribution in [0, 0.1) is 5.82 Å². The largest absolute Gasteiger partial charge is 0.497 e. The normalized spacial score (nSPS) is 11.7. The highest BCUT2D eigenvalue weighted by Gasteiger charge is 2.22. The maximum atomic E-state index is 13.2. The van der Waals surface area contributed by atoms with Gasteiger partial charge in [0.2, 0.25) is 17.6 Å². The Kier molecular flexibility index (Phi) is 6.55. The third kappa shape index (κ3) is 5.37. The monoisotopic (exact) mass is 431 g/mol. The lowest BCUT2D eigenvalue weighted by Gasteiger charge is -2.15. The average Bonchev–Trinajstić information content (AvgIpc) is 3.31. The number of hydrogen-bond acceptors (Lipinski definition) is 5. The molecule has 1 aromatic heterocycles. The number of rotatable bonds is 8. The predicted octanol–water partition coefficient (Wildman–Crippen LogP) is 4.53. The molecule has 0 aliphatic heterocycles. The molecule has 1 amide bonds. The molecule has 0 saturated carbocycles. The van der Waals surface area contributed by atoms with Crippen LogP contribution in [0.3, 0.4) is 0 Å². The van der Waals surface area contributed by atoms with Crippen LogP contribution in [0.25, 0.3) is 11.4 Å². The van der Waals surface area contributed by atoms with Gasteiger partial charge in [-0.15, -0.1) is 0 Å². The molecule has 32 heavy (non-hydrogen) atoms. The van der Waals surface area contributed by atoms with Gasteiger partial charge in [-0.25, -0.2) is 4.39 Å². The molecule has 1 atom stereocenters. The Morgan fingerprint density at radius 2 is 1.81 bits per heavy atom. The first-order chi connectivity index (χ1) is 15.6. The van der Waals surface area contributed by atoms with E-state index in [-0.39, 0.29) is 18.1 Å². The van der Waals surface area contributed by atoms with Crippen LogP contribution in [0.1, 0.15) is 23.1 Å². The zero-order chi connectivity index (χ0) is 22.3. The summed E-state index contributed by atoms with van der Waals surface area (Å²) in [5, 5.41) is 7.07. The molecule has 1 N–H and O–H groups in total. The van der Waals surface area contributed by atoms with Crippen LogP contribution in [-0.2, 0) is 17.6 Å². The highest BCUT2D eigenvalue weighted by atomic mass is 19.1. The lowest BCUT2D eigenvalue weighted by atomic mass is 10.0. The summed E-state index contributed by atoms with van der Waals surface area (Å²) < 4.78 is 23.9. The van der Waals surface area contributed by atoms with E-state index in [0.717, 1.165) is 11.1 Å². The van der Waals surface area contributed by atoms with Crippen LogP contribution in [0.15, 0.2) is 83.4 Å². The van der Waals surface area contributed by atoms with E-state index in [1.54, 1.807) is 19.2 Å². The summed E-state index contributed by atoms with van der Waals surface area (Å²) in [7, 11) is 1.59. The Labute approximate surface area is 185 Å². The van der Waals surface area contributed by atoms with E-state index in [4.69, 9.17) is 9.26 Å². The first-order valence-electron chi connectivity index (χ1n) is 10.2. The Balaban J connectivity index is 1.56. The fraction of sp³-hybridized carbons (Fsp3) is 0.160. The van der Waals surface area contributed by atoms with Gasteiger partial charge in [-0.05, 0) is 35.4 Å². The molecule has 0 aliphatic rings. The minimum absolute atomic E-state index is 0.114. The lowest BCUT2D eigenvalue weighted by molar-refractivity contribution is -0.121. The van der Waals surface area contributed by atoms with E-state index in [1.807, 2.05) is 54.6 Å². The van der Waals surface area contributed by atoms with Gasteiger partial charge in [0.25, 0.3) is 0 Å². The van der Waals surface area contributed by atoms with Crippen LogP contribution in [0.5, 0.6) is 5.75 Å². The fourth-order valence-corrected chi connectivity index (χ4v) is 3.34. The molecule has 0 radical (unpaired) electrons. The summed E-state index contributed by atoms with van der Waals surface area (Å²) in [6.07, 6.45) is 0.595. The van der Waals surface area contributed by atoms with Crippen molar-refractivity contribution in [3.63, 3.8) is 0 Å². The van der Waals surface area contributed by atoms with Crippen molar-refractivity contribution in [3.05, 3.63) is 102 Å². The van der Waals surface area contributed by atoms with Gasteiger partial charge < -0.3 is 14.6 Å². The molecular weight excluding hydrogens is 409 g/mol. The number of hydrogen-bond donors (Lipinski definition) is 1. The number of aromatic nitrogens is 2. The predicted molar refractivity (Wildman–Crippen MR) is 117 cm³/mol. The van der Waals surface area contributed by atoms with E-state index in [0.29, 0.717) is 29.4 Å². The van der Waals surface area contributed by atoms with Crippen molar-refractivity contribution in [3.8, 4) is 17.1 Å². The Hall–Kier alpha value is -4.00. The second-order valence-corrected chi connectivity index (χ2v) is 7.30. The van der Waals surface area contributed by atoms with E-state index in [9.17, 15) is 9.18 Å². The van der Waals surface area contributed by atoms with Gasteiger partial charge in [-0.3, -0.25) is 4.79 Å². The topological polar surface area (TPSA) is 77.3 Å². The number of nitrogens with one attached hydrogen (secondary N) is 1. The summed E-state index contributed by atoms with van der Waals surface area (Å²) in [5.41, 5.74) is 2.47. The number of methoxy groups -OCH3 is 1. The van der Waals surface area contributed by atoms with Crippen molar-refractivity contribution in [2.45, 2.75) is 18.9 Å². The standard InChI is InChI=1S/C25H22FN3O3/c1-31-21-9-5-8-19(16-21)24-28-25(32-29-24)22(14-17-6-3-2-4-7-17)27-23(30)15-18-10-12-20(26)13-11-18/h2-13,16,22H,14-15H2,1H3,(H,27,30)/t22-/m1/s1. The second-order valence-electron chi connectivity index (χ2n) is 7.30. The summed E-state index contributed by atoms with van der Waals surface area (Å²) in [6, 6.07) is 22.4. The Morgan fingerprint density at radius 1 is 1.03 bits per heavy atom. The zero-order valence-corrected chi connectivity index (χ0v) is 17.5. The highest BCUT2D eigenvalue weighted by molar-refractivity contribution is 5.79. The molecule has 162 valence electrons. The molecule has 6 nitrogen and oxygen atoms in total. The molecule has 0 saturated heterocycles. The Morgan fingerprint density at radius 3 is 2.56 bits per heavy atom. The number of halogens is 1. The molecule has 0 aliphatic carbocycles. The van der Waals surface area contributed by atoms with Crippen LogP contribution < -0.4 is 10.1 Å². The van der Waals surface area contributed by atoms with Crippen molar-refractivity contribution >= 4 is 5.91 Å². The van der Waals surface area contributed by atoms with Crippen LogP contribution in [0.2, 0.25) is 0 Å². The third-order valence-electron chi connectivity index (χ3n) is 4.96. The molecular formula is C25H22FN3O3. The molecule has 7 heteroatoms. The van der Waals surface area contributed by atoms with Gasteiger partial charge in [-0.1, -0.05) is 59.8 Å². The quantitative estimate of drug-likeness (QED) is 0.444. The second kappa shape index (κ2) is 9.87. The molecule has 4 rings (SSSR count). The van der Waals surface area contributed by atoms with Crippen LogP contribution >= 0.6 is 0 Å². The summed E-state index contributed by atoms with van der Waals surface area (Å²) in [5.74, 6) is 0.830. The third-order valence-corrected chi connectivity index (χ3v) is 4.96. The van der Waals surface area contributed by atoms with E-state index >= 15 is 0 Å². The number of carbonyl (C=O) groups is 1. The van der Waals surface area contributed by atoms with E-state index < -0.39 is 6.04 Å². The maximum absolute atomic E-state index is 13.2. The minimum atomic E-state index is -0.516. The minimum Gasteiger partial charge on any atom is -0.497 e. The number of ether oxygens (including phenoxy) is 1. The summed E-state index contributed by atoms with van der Waals surface area (Å²) >= 11 is 0. The maximum Gasteiger partial charge on any atom is 0.249 e. The zero-order valence-electron chi connectivity index (χ0n) is 17.5. The lowest BCUT2D eigenvalue weighted by Crippen LogP contribution is -2.31. The molecule has 1 heterocycles. The SMILES string of the molecule is COc1cccc(-c2noc([C@@H](Cc3ccccc3)NC(=O)Cc3ccc(F)cc3)n2)c1. The highest BCUT2D eigenvalue weighted by Crippen LogP contribution is 2.24. The number of carbonyl (C=O) groups excluding carboxylic acids is 1. The average molecular weight is 431 g/mol. The van der Waals surface area contributed by atoms with Crippen molar-refractivity contribution in [2.75, 3.05) is 7.11 Å². The summed E-state index contributed by atoms with van der Waals surface area (Å²) in [4.78, 5) is 17.2. The van der Waals surface area contributed by atoms with Gasteiger partial charge in [0.1, 0.15) is 17.6 Å². The molecule has 0 unspecified atom stereocenters.